The van der Waals surface area contributed by atoms with Crippen molar-refractivity contribution in [3.05, 3.63) is 29.3 Å². The van der Waals surface area contributed by atoms with E-state index >= 15 is 0 Å². The summed E-state index contributed by atoms with van der Waals surface area (Å²) in [6.07, 6.45) is 9.63. The van der Waals surface area contributed by atoms with Gasteiger partial charge in [0.1, 0.15) is 6.04 Å². The number of hydrogen-bond donors (Lipinski definition) is 2. The first-order chi connectivity index (χ1) is 12.6. The highest BCUT2D eigenvalue weighted by molar-refractivity contribution is 5.97. The first-order valence-corrected chi connectivity index (χ1v) is 10.3. The highest BCUT2D eigenvalue weighted by atomic mass is 16.2. The molecule has 0 aromatic heterocycles. The van der Waals surface area contributed by atoms with E-state index in [4.69, 9.17) is 0 Å². The van der Waals surface area contributed by atoms with Crippen LogP contribution in [0.5, 0.6) is 0 Å². The Bertz CT molecular complexity index is 650. The highest BCUT2D eigenvalue weighted by Gasteiger charge is 2.29. The maximum atomic E-state index is 12.9. The number of amides is 2. The van der Waals surface area contributed by atoms with Crippen LogP contribution >= 0.6 is 0 Å². The van der Waals surface area contributed by atoms with Gasteiger partial charge in [0.25, 0.3) is 0 Å². The summed E-state index contributed by atoms with van der Waals surface area (Å²) in [7, 11) is 0. The van der Waals surface area contributed by atoms with Crippen molar-refractivity contribution in [2.24, 2.45) is 11.8 Å². The highest BCUT2D eigenvalue weighted by Crippen LogP contribution is 2.26. The molecule has 1 saturated carbocycles. The van der Waals surface area contributed by atoms with Crippen LogP contribution in [0.15, 0.2) is 18.2 Å². The van der Waals surface area contributed by atoms with Gasteiger partial charge in [0.15, 0.2) is 0 Å². The van der Waals surface area contributed by atoms with Crippen LogP contribution in [0.25, 0.3) is 0 Å². The van der Waals surface area contributed by atoms with Crippen molar-refractivity contribution >= 4 is 17.5 Å². The van der Waals surface area contributed by atoms with Crippen molar-refractivity contribution in [2.45, 2.75) is 77.7 Å². The maximum absolute atomic E-state index is 12.9. The zero-order valence-electron chi connectivity index (χ0n) is 16.1. The van der Waals surface area contributed by atoms with Crippen LogP contribution < -0.4 is 10.6 Å². The number of hydrogen-bond acceptors (Lipinski definition) is 2. The molecule has 0 saturated heterocycles. The molecule has 0 spiro atoms. The number of anilines is 1. The predicted molar refractivity (Wildman–Crippen MR) is 105 cm³/mol. The zero-order chi connectivity index (χ0) is 18.5. The SMILES string of the molecule is CCC(C)C(NC(=O)C1CCCCC1)C(=O)Nc1ccc2c(c1)CCC2. The van der Waals surface area contributed by atoms with Crippen LogP contribution in [0.1, 0.15) is 69.9 Å². The molecule has 0 heterocycles. The van der Waals surface area contributed by atoms with Crippen LogP contribution in [0.4, 0.5) is 5.69 Å². The number of benzene rings is 1. The Kier molecular flexibility index (Phi) is 6.33. The Morgan fingerprint density at radius 3 is 2.54 bits per heavy atom. The molecule has 0 aliphatic heterocycles. The molecule has 1 fully saturated rings. The van der Waals surface area contributed by atoms with Crippen molar-refractivity contribution in [3.8, 4) is 0 Å². The monoisotopic (exact) mass is 356 g/mol. The van der Waals surface area contributed by atoms with E-state index in [1.54, 1.807) is 0 Å². The number of carbonyl (C=O) groups excluding carboxylic acids is 2. The van der Waals surface area contributed by atoms with E-state index in [1.165, 1.54) is 24.0 Å². The molecule has 0 radical (unpaired) electrons. The molecule has 2 amide bonds. The van der Waals surface area contributed by atoms with E-state index in [9.17, 15) is 9.59 Å². The van der Waals surface area contributed by atoms with Gasteiger partial charge in [-0.15, -0.1) is 0 Å². The third-order valence-electron chi connectivity index (χ3n) is 6.14. The molecular formula is C22H32N2O2. The normalized spacial score (nSPS) is 19.5. The van der Waals surface area contributed by atoms with Crippen molar-refractivity contribution in [1.82, 2.24) is 5.32 Å². The number of rotatable bonds is 6. The average Bonchev–Trinajstić information content (AvgIpc) is 3.13. The van der Waals surface area contributed by atoms with Crippen LogP contribution in [-0.4, -0.2) is 17.9 Å². The molecular weight excluding hydrogens is 324 g/mol. The lowest BCUT2D eigenvalue weighted by Crippen LogP contribution is -2.49. The van der Waals surface area contributed by atoms with E-state index in [0.717, 1.165) is 50.6 Å². The summed E-state index contributed by atoms with van der Waals surface area (Å²) in [5.41, 5.74) is 3.58. The predicted octanol–water partition coefficient (Wildman–Crippen LogP) is 4.23. The van der Waals surface area contributed by atoms with Gasteiger partial charge in [-0.3, -0.25) is 9.59 Å². The van der Waals surface area contributed by atoms with Crippen molar-refractivity contribution in [1.29, 1.82) is 0 Å². The molecule has 2 unspecified atom stereocenters. The molecule has 1 aromatic carbocycles. The zero-order valence-corrected chi connectivity index (χ0v) is 16.1. The first-order valence-electron chi connectivity index (χ1n) is 10.3. The summed E-state index contributed by atoms with van der Waals surface area (Å²) >= 11 is 0. The summed E-state index contributed by atoms with van der Waals surface area (Å²) < 4.78 is 0. The summed E-state index contributed by atoms with van der Waals surface area (Å²) in [4.78, 5) is 25.6. The molecule has 3 rings (SSSR count). The van der Waals surface area contributed by atoms with Gasteiger partial charge < -0.3 is 10.6 Å². The van der Waals surface area contributed by atoms with Gasteiger partial charge in [-0.1, -0.05) is 45.6 Å². The van der Waals surface area contributed by atoms with Crippen molar-refractivity contribution in [3.63, 3.8) is 0 Å². The molecule has 4 heteroatoms. The van der Waals surface area contributed by atoms with Gasteiger partial charge in [-0.05, 0) is 61.3 Å². The largest absolute Gasteiger partial charge is 0.344 e. The number of carbonyl (C=O) groups is 2. The summed E-state index contributed by atoms with van der Waals surface area (Å²) in [6.45, 7) is 4.10. The lowest BCUT2D eigenvalue weighted by Gasteiger charge is -2.27. The lowest BCUT2D eigenvalue weighted by molar-refractivity contribution is -0.130. The van der Waals surface area contributed by atoms with Crippen molar-refractivity contribution < 1.29 is 9.59 Å². The molecule has 1 aromatic rings. The molecule has 2 aliphatic rings. The van der Waals surface area contributed by atoms with Gasteiger partial charge in [-0.25, -0.2) is 0 Å². The Morgan fingerprint density at radius 2 is 1.81 bits per heavy atom. The smallest absolute Gasteiger partial charge is 0.247 e. The Balaban J connectivity index is 1.66. The molecule has 0 bridgehead atoms. The quantitative estimate of drug-likeness (QED) is 0.801. The van der Waals surface area contributed by atoms with Gasteiger partial charge in [0, 0.05) is 11.6 Å². The number of nitrogens with one attached hydrogen (secondary N) is 2. The van der Waals surface area contributed by atoms with Gasteiger partial charge in [0.05, 0.1) is 0 Å². The van der Waals surface area contributed by atoms with Gasteiger partial charge in [0.2, 0.25) is 11.8 Å². The van der Waals surface area contributed by atoms with Crippen LogP contribution in [0.3, 0.4) is 0 Å². The number of aryl methyl sites for hydroxylation is 2. The number of fused-ring (bicyclic) bond motifs is 1. The average molecular weight is 357 g/mol. The van der Waals surface area contributed by atoms with Crippen LogP contribution in [0.2, 0.25) is 0 Å². The third kappa shape index (κ3) is 4.46. The second-order valence-electron chi connectivity index (χ2n) is 8.03. The Labute approximate surface area is 157 Å². The standard InChI is InChI=1S/C22H32N2O2/c1-3-15(2)20(24-21(25)17-8-5-4-6-9-17)22(26)23-19-13-12-16-10-7-11-18(16)14-19/h12-15,17,20H,3-11H2,1-2H3,(H,23,26)(H,24,25). The second kappa shape index (κ2) is 8.70. The maximum Gasteiger partial charge on any atom is 0.247 e. The second-order valence-corrected chi connectivity index (χ2v) is 8.03. The minimum Gasteiger partial charge on any atom is -0.344 e. The molecule has 4 nitrogen and oxygen atoms in total. The summed E-state index contributed by atoms with van der Waals surface area (Å²) in [6, 6.07) is 5.73. The van der Waals surface area contributed by atoms with Crippen LogP contribution in [0, 0.1) is 11.8 Å². The molecule has 2 N–H and O–H groups in total. The Hall–Kier alpha value is -1.84. The fraction of sp³-hybridized carbons (Fsp3) is 0.636. The molecule has 2 aliphatic carbocycles. The van der Waals surface area contributed by atoms with E-state index < -0.39 is 6.04 Å². The third-order valence-corrected chi connectivity index (χ3v) is 6.14. The minimum absolute atomic E-state index is 0.0547. The fourth-order valence-corrected chi connectivity index (χ4v) is 4.21. The van der Waals surface area contributed by atoms with E-state index in [-0.39, 0.29) is 23.7 Å². The topological polar surface area (TPSA) is 58.2 Å². The van der Waals surface area contributed by atoms with Gasteiger partial charge in [-0.2, -0.15) is 0 Å². The van der Waals surface area contributed by atoms with E-state index in [2.05, 4.69) is 29.7 Å². The molecule has 142 valence electrons. The summed E-state index contributed by atoms with van der Waals surface area (Å²) in [5.74, 6) is 0.139. The lowest BCUT2D eigenvalue weighted by atomic mass is 9.88. The van der Waals surface area contributed by atoms with Gasteiger partial charge >= 0.3 is 0 Å². The summed E-state index contributed by atoms with van der Waals surface area (Å²) in [5, 5.41) is 6.10. The van der Waals surface area contributed by atoms with Crippen molar-refractivity contribution in [2.75, 3.05) is 5.32 Å². The minimum atomic E-state index is -0.470. The fourth-order valence-electron chi connectivity index (χ4n) is 4.21. The van der Waals surface area contributed by atoms with Crippen LogP contribution in [-0.2, 0) is 22.4 Å². The Morgan fingerprint density at radius 1 is 1.08 bits per heavy atom. The van der Waals surface area contributed by atoms with E-state index in [0.29, 0.717) is 0 Å². The first kappa shape index (κ1) is 18.9. The molecule has 26 heavy (non-hydrogen) atoms. The van der Waals surface area contributed by atoms with E-state index in [1.807, 2.05) is 13.0 Å². The molecule has 2 atom stereocenters.